The molecule has 4 aliphatic carbocycles. The van der Waals surface area contributed by atoms with Crippen molar-refractivity contribution in [3.63, 3.8) is 0 Å². The van der Waals surface area contributed by atoms with E-state index in [2.05, 4.69) is 12.2 Å². The summed E-state index contributed by atoms with van der Waals surface area (Å²) in [5.74, 6) is -1.39. The molecule has 0 N–H and O–H groups in total. The lowest BCUT2D eigenvalue weighted by Crippen LogP contribution is -2.52. The summed E-state index contributed by atoms with van der Waals surface area (Å²) in [7, 11) is 1.50. The van der Waals surface area contributed by atoms with Gasteiger partial charge in [0.05, 0.1) is 18.9 Å². The Balaban J connectivity index is 1.36. The number of imide groups is 1. The van der Waals surface area contributed by atoms with Gasteiger partial charge in [0.15, 0.2) is 5.78 Å². The number of hydrogen-bond donors (Lipinski definition) is 0. The highest BCUT2D eigenvalue weighted by molar-refractivity contribution is 6.30. The van der Waals surface area contributed by atoms with E-state index in [1.54, 1.807) is 36.4 Å². The summed E-state index contributed by atoms with van der Waals surface area (Å²) in [4.78, 5) is 54.2. The monoisotopic (exact) mass is 490 g/mol. The van der Waals surface area contributed by atoms with Gasteiger partial charge in [0, 0.05) is 16.1 Å². The fraction of sp³-hybridized carbons (Fsp3) is 0.333. The quantitative estimate of drug-likeness (QED) is 0.350. The van der Waals surface area contributed by atoms with Crippen LogP contribution in [0.15, 0.2) is 60.7 Å². The molecule has 2 saturated carbocycles. The lowest BCUT2D eigenvalue weighted by atomic mass is 9.63. The molecule has 5 aliphatic rings. The number of nitrogens with zero attached hydrogens (tertiary/aromatic N) is 2. The fourth-order valence-corrected chi connectivity index (χ4v) is 6.30. The molecule has 8 heteroatoms. The summed E-state index contributed by atoms with van der Waals surface area (Å²) in [6, 6.07) is 12.7. The van der Waals surface area contributed by atoms with Crippen molar-refractivity contribution < 1.29 is 23.9 Å². The number of carbonyl (C=O) groups is 4. The first-order valence-corrected chi connectivity index (χ1v) is 12.1. The van der Waals surface area contributed by atoms with Crippen LogP contribution in [0.2, 0.25) is 5.02 Å². The summed E-state index contributed by atoms with van der Waals surface area (Å²) in [5.41, 5.74) is 0.546. The Kier molecular flexibility index (Phi) is 5.07. The summed E-state index contributed by atoms with van der Waals surface area (Å²) < 4.78 is 5.21. The van der Waals surface area contributed by atoms with Gasteiger partial charge in [-0.05, 0) is 66.5 Å². The normalized spacial score (nSPS) is 29.6. The second kappa shape index (κ2) is 8.05. The number of ketones is 1. The predicted octanol–water partition coefficient (Wildman–Crippen LogP) is 3.64. The number of halogens is 1. The number of methoxy groups -OCH3 is 1. The molecular formula is C27H23ClN2O5. The molecule has 2 bridgehead atoms. The Bertz CT molecular complexity index is 1250. The molecule has 178 valence electrons. The van der Waals surface area contributed by atoms with Crippen LogP contribution in [0.3, 0.4) is 0 Å². The number of hydrogen-bond acceptors (Lipinski definition) is 5. The van der Waals surface area contributed by atoms with E-state index in [9.17, 15) is 19.2 Å². The van der Waals surface area contributed by atoms with Crippen molar-refractivity contribution in [1.29, 1.82) is 0 Å². The smallest absolute Gasteiger partial charge is 0.273 e. The van der Waals surface area contributed by atoms with Gasteiger partial charge in [-0.25, -0.2) is 5.01 Å². The summed E-state index contributed by atoms with van der Waals surface area (Å²) >= 11 is 5.99. The van der Waals surface area contributed by atoms with Gasteiger partial charge >= 0.3 is 0 Å². The summed E-state index contributed by atoms with van der Waals surface area (Å²) in [6.45, 7) is -0.457. The van der Waals surface area contributed by atoms with E-state index in [0.717, 1.165) is 16.4 Å². The third-order valence-electron chi connectivity index (χ3n) is 7.89. The highest BCUT2D eigenvalue weighted by Crippen LogP contribution is 2.65. The number of Topliss-reactive ketones (excluding diaryl/α,β-unsaturated/α-hetero) is 1. The molecule has 1 saturated heterocycles. The topological polar surface area (TPSA) is 84.0 Å². The van der Waals surface area contributed by atoms with Gasteiger partial charge in [0.1, 0.15) is 12.3 Å². The molecule has 1 heterocycles. The average Bonchev–Trinajstić information content (AvgIpc) is 3.66. The first kappa shape index (κ1) is 22.0. The molecule has 0 radical (unpaired) electrons. The van der Waals surface area contributed by atoms with Gasteiger partial charge < -0.3 is 4.74 Å². The Labute approximate surface area is 207 Å². The largest absolute Gasteiger partial charge is 0.497 e. The molecule has 1 aliphatic heterocycles. The Morgan fingerprint density at radius 3 is 2.20 bits per heavy atom. The zero-order valence-corrected chi connectivity index (χ0v) is 19.7. The molecule has 6 atom stereocenters. The van der Waals surface area contributed by atoms with E-state index in [0.29, 0.717) is 28.2 Å². The van der Waals surface area contributed by atoms with Crippen LogP contribution in [0.4, 0.5) is 0 Å². The van der Waals surface area contributed by atoms with E-state index >= 15 is 0 Å². The zero-order valence-electron chi connectivity index (χ0n) is 19.0. The molecule has 7 rings (SSSR count). The third kappa shape index (κ3) is 3.40. The van der Waals surface area contributed by atoms with Crippen LogP contribution >= 0.6 is 11.6 Å². The average molecular weight is 491 g/mol. The zero-order chi connectivity index (χ0) is 24.4. The van der Waals surface area contributed by atoms with E-state index in [1.165, 1.54) is 19.2 Å². The predicted molar refractivity (Wildman–Crippen MR) is 126 cm³/mol. The number of allylic oxidation sites excluding steroid dienone is 2. The van der Waals surface area contributed by atoms with Gasteiger partial charge in [-0.2, -0.15) is 5.01 Å². The number of ether oxygens (including phenoxy) is 1. The maximum atomic E-state index is 13.7. The van der Waals surface area contributed by atoms with Crippen molar-refractivity contribution in [2.45, 2.75) is 6.42 Å². The first-order chi connectivity index (χ1) is 16.9. The van der Waals surface area contributed by atoms with Gasteiger partial charge in [-0.15, -0.1) is 0 Å². The Morgan fingerprint density at radius 2 is 1.60 bits per heavy atom. The van der Waals surface area contributed by atoms with E-state index in [4.69, 9.17) is 16.3 Å². The Hall–Kier alpha value is -3.45. The van der Waals surface area contributed by atoms with Crippen molar-refractivity contribution >= 4 is 35.1 Å². The molecule has 0 spiro atoms. The number of carbonyl (C=O) groups excluding carboxylic acids is 4. The van der Waals surface area contributed by atoms with Crippen LogP contribution in [-0.4, -0.2) is 47.2 Å². The van der Waals surface area contributed by atoms with E-state index in [-0.39, 0.29) is 17.4 Å². The maximum Gasteiger partial charge on any atom is 0.273 e. The second-order valence-electron chi connectivity index (χ2n) is 9.67. The third-order valence-corrected chi connectivity index (χ3v) is 8.14. The molecule has 0 aromatic heterocycles. The minimum atomic E-state index is -0.608. The van der Waals surface area contributed by atoms with Gasteiger partial charge in [-0.3, -0.25) is 19.2 Å². The van der Waals surface area contributed by atoms with Gasteiger partial charge in [-0.1, -0.05) is 35.9 Å². The van der Waals surface area contributed by atoms with Crippen LogP contribution in [0.25, 0.3) is 0 Å². The SMILES string of the molecule is COc1cccc(C(=O)CN(C(=O)c2ccc(Cl)cc2)N2C(=O)[C@@H]3[C@H]4C=C[C@H]([C@@H]5C[C@H]45)[C@@H]3C2=O)c1. The lowest BCUT2D eigenvalue weighted by molar-refractivity contribution is -0.154. The van der Waals surface area contributed by atoms with E-state index < -0.39 is 41.9 Å². The van der Waals surface area contributed by atoms with Crippen LogP contribution in [0.1, 0.15) is 27.1 Å². The highest BCUT2D eigenvalue weighted by Gasteiger charge is 2.68. The second-order valence-corrected chi connectivity index (χ2v) is 10.1. The molecule has 2 aromatic rings. The van der Waals surface area contributed by atoms with Crippen molar-refractivity contribution in [2.75, 3.05) is 13.7 Å². The standard InChI is InChI=1S/C27H23ClN2O5/c1-35-17-4-2-3-15(11-17)22(31)13-29(25(32)14-5-7-16(28)8-6-14)30-26(33)23-18-9-10-19(21-12-20(18)21)24(23)27(30)34/h2-11,18-21,23-24H,12-13H2,1H3/t18-,19+,20+,21-,23+,24-. The fourth-order valence-electron chi connectivity index (χ4n) is 6.18. The minimum Gasteiger partial charge on any atom is -0.497 e. The summed E-state index contributed by atoms with van der Waals surface area (Å²) in [6.07, 6.45) is 5.18. The first-order valence-electron chi connectivity index (χ1n) is 11.7. The van der Waals surface area contributed by atoms with Crippen LogP contribution in [0, 0.1) is 35.5 Å². The van der Waals surface area contributed by atoms with Crippen LogP contribution < -0.4 is 4.74 Å². The summed E-state index contributed by atoms with van der Waals surface area (Å²) in [5, 5.41) is 2.41. The molecule has 2 aromatic carbocycles. The van der Waals surface area contributed by atoms with E-state index in [1.807, 2.05) is 0 Å². The van der Waals surface area contributed by atoms with Crippen molar-refractivity contribution in [3.05, 3.63) is 76.8 Å². The van der Waals surface area contributed by atoms with Crippen molar-refractivity contribution in [3.8, 4) is 5.75 Å². The molecule has 3 amide bonds. The van der Waals surface area contributed by atoms with Crippen LogP contribution in [-0.2, 0) is 9.59 Å². The van der Waals surface area contributed by atoms with Crippen molar-refractivity contribution in [2.24, 2.45) is 35.5 Å². The number of rotatable bonds is 6. The molecule has 0 unspecified atom stereocenters. The number of amides is 3. The molecule has 3 fully saturated rings. The molecule has 7 nitrogen and oxygen atoms in total. The lowest BCUT2D eigenvalue weighted by Gasteiger charge is -2.37. The van der Waals surface area contributed by atoms with Gasteiger partial charge in [0.25, 0.3) is 17.7 Å². The van der Waals surface area contributed by atoms with Crippen LogP contribution in [0.5, 0.6) is 5.75 Å². The highest BCUT2D eigenvalue weighted by atomic mass is 35.5. The van der Waals surface area contributed by atoms with Gasteiger partial charge in [0.2, 0.25) is 0 Å². The Morgan fingerprint density at radius 1 is 0.971 bits per heavy atom. The molecule has 35 heavy (non-hydrogen) atoms. The van der Waals surface area contributed by atoms with Crippen molar-refractivity contribution in [1.82, 2.24) is 10.0 Å². The number of hydrazine groups is 1. The number of benzene rings is 2. The molecular weight excluding hydrogens is 468 g/mol. The minimum absolute atomic E-state index is 0.0121. The maximum absolute atomic E-state index is 13.7.